The van der Waals surface area contributed by atoms with Crippen molar-refractivity contribution in [2.75, 3.05) is 7.05 Å². The van der Waals surface area contributed by atoms with Gasteiger partial charge in [-0.25, -0.2) is 0 Å². The van der Waals surface area contributed by atoms with Crippen LogP contribution < -0.4 is 5.32 Å². The fourth-order valence-corrected chi connectivity index (χ4v) is 4.47. The van der Waals surface area contributed by atoms with Gasteiger partial charge < -0.3 is 5.32 Å². The Labute approximate surface area is 128 Å². The number of rotatable bonds is 5. The van der Waals surface area contributed by atoms with E-state index in [4.69, 9.17) is 0 Å². The Bertz CT molecular complexity index is 441. The monoisotopic (exact) mass is 319 g/mol. The van der Waals surface area contributed by atoms with E-state index in [0.29, 0.717) is 19.3 Å². The van der Waals surface area contributed by atoms with Crippen LogP contribution in [-0.4, -0.2) is 19.3 Å². The molecule has 0 radical (unpaired) electrons. The Morgan fingerprint density at radius 1 is 1.24 bits per heavy atom. The SMILES string of the molecule is CCc1ccc(CC(NC)C2CCCCC2C(F)(F)F)s1. The van der Waals surface area contributed by atoms with Gasteiger partial charge in [0, 0.05) is 15.8 Å². The minimum atomic E-state index is -4.07. The number of aryl methyl sites for hydroxylation is 1. The van der Waals surface area contributed by atoms with Crippen molar-refractivity contribution in [3.63, 3.8) is 0 Å². The van der Waals surface area contributed by atoms with E-state index in [1.165, 1.54) is 9.75 Å². The summed E-state index contributed by atoms with van der Waals surface area (Å²) in [4.78, 5) is 2.49. The number of hydrogen-bond donors (Lipinski definition) is 1. The third-order valence-electron chi connectivity index (χ3n) is 4.61. The zero-order chi connectivity index (χ0) is 15.5. The van der Waals surface area contributed by atoms with E-state index in [-0.39, 0.29) is 18.4 Å². The first-order valence-electron chi connectivity index (χ1n) is 7.77. The number of thiophene rings is 1. The zero-order valence-corrected chi connectivity index (χ0v) is 13.5. The van der Waals surface area contributed by atoms with Gasteiger partial charge in [0.15, 0.2) is 0 Å². The quantitative estimate of drug-likeness (QED) is 0.821. The molecule has 1 N–H and O–H groups in total. The van der Waals surface area contributed by atoms with E-state index in [0.717, 1.165) is 12.8 Å². The van der Waals surface area contributed by atoms with Crippen LogP contribution in [0.25, 0.3) is 0 Å². The van der Waals surface area contributed by atoms with Crippen LogP contribution in [0.4, 0.5) is 13.2 Å². The molecule has 1 heterocycles. The van der Waals surface area contributed by atoms with Crippen molar-refractivity contribution >= 4 is 11.3 Å². The molecule has 120 valence electrons. The lowest BCUT2D eigenvalue weighted by atomic mass is 9.74. The Balaban J connectivity index is 2.10. The third kappa shape index (κ3) is 4.22. The van der Waals surface area contributed by atoms with Gasteiger partial charge in [0.05, 0.1) is 5.92 Å². The predicted molar refractivity (Wildman–Crippen MR) is 81.8 cm³/mol. The summed E-state index contributed by atoms with van der Waals surface area (Å²) in [6.07, 6.45) is 0.223. The lowest BCUT2D eigenvalue weighted by Gasteiger charge is -2.38. The molecule has 0 spiro atoms. The average molecular weight is 319 g/mol. The lowest BCUT2D eigenvalue weighted by Crippen LogP contribution is -2.45. The summed E-state index contributed by atoms with van der Waals surface area (Å²) in [5.74, 6) is -1.44. The van der Waals surface area contributed by atoms with Gasteiger partial charge in [0.2, 0.25) is 0 Å². The zero-order valence-electron chi connectivity index (χ0n) is 12.7. The van der Waals surface area contributed by atoms with Crippen molar-refractivity contribution < 1.29 is 13.2 Å². The van der Waals surface area contributed by atoms with Crippen LogP contribution in [0.3, 0.4) is 0 Å². The first-order chi connectivity index (χ1) is 9.95. The highest BCUT2D eigenvalue weighted by Crippen LogP contribution is 2.43. The van der Waals surface area contributed by atoms with E-state index in [2.05, 4.69) is 24.4 Å². The molecule has 1 aromatic rings. The number of hydrogen-bond acceptors (Lipinski definition) is 2. The molecule has 1 aromatic heterocycles. The second-order valence-electron chi connectivity index (χ2n) is 5.92. The summed E-state index contributed by atoms with van der Waals surface area (Å²) < 4.78 is 39.8. The van der Waals surface area contributed by atoms with Crippen LogP contribution in [0.1, 0.15) is 42.4 Å². The number of likely N-dealkylation sites (N-methyl/N-ethyl adjacent to an activating group) is 1. The van der Waals surface area contributed by atoms with Crippen LogP contribution in [0.2, 0.25) is 0 Å². The fraction of sp³-hybridized carbons (Fsp3) is 0.750. The molecule has 0 amide bonds. The van der Waals surface area contributed by atoms with Gasteiger partial charge in [0.25, 0.3) is 0 Å². The summed E-state index contributed by atoms with van der Waals surface area (Å²) in [5.41, 5.74) is 0. The van der Waals surface area contributed by atoms with Crippen molar-refractivity contribution in [1.29, 1.82) is 0 Å². The summed E-state index contributed by atoms with van der Waals surface area (Å²) >= 11 is 1.73. The number of alkyl halides is 3. The average Bonchev–Trinajstić information content (AvgIpc) is 2.91. The van der Waals surface area contributed by atoms with E-state index in [1.807, 2.05) is 0 Å². The highest BCUT2D eigenvalue weighted by atomic mass is 32.1. The molecular formula is C16H24F3NS. The minimum absolute atomic E-state index is 0.0831. The number of halogens is 3. The number of nitrogens with one attached hydrogen (secondary N) is 1. The van der Waals surface area contributed by atoms with Gasteiger partial charge in [-0.3, -0.25) is 0 Å². The molecular weight excluding hydrogens is 295 g/mol. The molecule has 1 nitrogen and oxygen atoms in total. The molecule has 3 unspecified atom stereocenters. The van der Waals surface area contributed by atoms with E-state index in [9.17, 15) is 13.2 Å². The Morgan fingerprint density at radius 3 is 2.48 bits per heavy atom. The maximum absolute atomic E-state index is 13.3. The Hall–Kier alpha value is -0.550. The van der Waals surface area contributed by atoms with Crippen LogP contribution in [0, 0.1) is 11.8 Å². The molecule has 2 rings (SSSR count). The van der Waals surface area contributed by atoms with E-state index >= 15 is 0 Å². The Morgan fingerprint density at radius 2 is 1.90 bits per heavy atom. The minimum Gasteiger partial charge on any atom is -0.316 e. The fourth-order valence-electron chi connectivity index (χ4n) is 3.45. The van der Waals surface area contributed by atoms with Crippen molar-refractivity contribution in [3.05, 3.63) is 21.9 Å². The van der Waals surface area contributed by atoms with Crippen LogP contribution in [0.5, 0.6) is 0 Å². The third-order valence-corrected chi connectivity index (χ3v) is 5.87. The maximum Gasteiger partial charge on any atom is 0.392 e. The first kappa shape index (κ1) is 16.8. The molecule has 1 fully saturated rings. The van der Waals surface area contributed by atoms with Crippen LogP contribution in [-0.2, 0) is 12.8 Å². The van der Waals surface area contributed by atoms with E-state index in [1.54, 1.807) is 18.4 Å². The smallest absolute Gasteiger partial charge is 0.316 e. The molecule has 21 heavy (non-hydrogen) atoms. The van der Waals surface area contributed by atoms with Crippen molar-refractivity contribution in [3.8, 4) is 0 Å². The van der Waals surface area contributed by atoms with Gasteiger partial charge in [0.1, 0.15) is 0 Å². The molecule has 0 aliphatic heterocycles. The summed E-state index contributed by atoms with van der Waals surface area (Å²) in [7, 11) is 1.79. The van der Waals surface area contributed by atoms with Gasteiger partial charge >= 0.3 is 6.18 Å². The maximum atomic E-state index is 13.3. The molecule has 3 atom stereocenters. The molecule has 0 saturated heterocycles. The molecule has 0 aromatic carbocycles. The summed E-state index contributed by atoms with van der Waals surface area (Å²) in [6, 6.07) is 4.08. The van der Waals surface area contributed by atoms with Crippen LogP contribution in [0.15, 0.2) is 12.1 Å². The second-order valence-corrected chi connectivity index (χ2v) is 7.17. The molecule has 5 heteroatoms. The molecule has 1 aliphatic rings. The summed E-state index contributed by atoms with van der Waals surface area (Å²) in [6.45, 7) is 2.10. The normalized spacial score (nSPS) is 25.0. The summed E-state index contributed by atoms with van der Waals surface area (Å²) in [5, 5.41) is 3.16. The highest BCUT2D eigenvalue weighted by molar-refractivity contribution is 7.11. The first-order valence-corrected chi connectivity index (χ1v) is 8.59. The van der Waals surface area contributed by atoms with Crippen LogP contribution >= 0.6 is 11.3 Å². The molecule has 1 saturated carbocycles. The van der Waals surface area contributed by atoms with Crippen molar-refractivity contribution in [2.45, 2.75) is 57.7 Å². The van der Waals surface area contributed by atoms with Gasteiger partial charge in [-0.1, -0.05) is 19.8 Å². The van der Waals surface area contributed by atoms with Gasteiger partial charge in [-0.05, 0) is 50.8 Å². The van der Waals surface area contributed by atoms with Gasteiger partial charge in [-0.15, -0.1) is 11.3 Å². The van der Waals surface area contributed by atoms with Crippen molar-refractivity contribution in [1.82, 2.24) is 5.32 Å². The largest absolute Gasteiger partial charge is 0.392 e. The predicted octanol–water partition coefficient (Wildman–Crippen LogP) is 4.81. The second kappa shape index (κ2) is 7.14. The molecule has 0 bridgehead atoms. The Kier molecular flexibility index (Phi) is 5.72. The van der Waals surface area contributed by atoms with Gasteiger partial charge in [-0.2, -0.15) is 13.2 Å². The topological polar surface area (TPSA) is 12.0 Å². The highest BCUT2D eigenvalue weighted by Gasteiger charge is 2.47. The molecule has 1 aliphatic carbocycles. The standard InChI is InChI=1S/C16H24F3NS/c1-3-11-8-9-12(21-11)10-15(20-2)13-6-4-5-7-14(13)16(17,18)19/h8-9,13-15,20H,3-7,10H2,1-2H3. The van der Waals surface area contributed by atoms with Crippen molar-refractivity contribution in [2.24, 2.45) is 11.8 Å². The lowest BCUT2D eigenvalue weighted by molar-refractivity contribution is -0.199. The van der Waals surface area contributed by atoms with E-state index < -0.39 is 12.1 Å².